The molecule has 4 nitrogen and oxygen atoms in total. The fourth-order valence-electron chi connectivity index (χ4n) is 3.20. The Hall–Kier alpha value is -1.20. The summed E-state index contributed by atoms with van der Waals surface area (Å²) >= 11 is 1.82. The van der Waals surface area contributed by atoms with Gasteiger partial charge in [0.15, 0.2) is 0 Å². The van der Waals surface area contributed by atoms with Crippen LogP contribution in [0.25, 0.3) is 10.2 Å². The standard InChI is InChI=1S/C15H19N3OS/c1-18(7-11(19)9-5-6-9)14-13-10-3-2-4-12(10)20-15(13)17-8-16-14/h8-9,11,19H,2-7H2,1H3. The number of thiophene rings is 1. The zero-order valence-electron chi connectivity index (χ0n) is 11.7. The fourth-order valence-corrected chi connectivity index (χ4v) is 4.42. The topological polar surface area (TPSA) is 49.2 Å². The maximum Gasteiger partial charge on any atom is 0.140 e. The maximum absolute atomic E-state index is 10.2. The molecule has 5 heteroatoms. The molecule has 1 unspecified atom stereocenters. The van der Waals surface area contributed by atoms with Gasteiger partial charge in [-0.15, -0.1) is 11.3 Å². The van der Waals surface area contributed by atoms with E-state index in [1.807, 2.05) is 18.4 Å². The minimum absolute atomic E-state index is 0.225. The first kappa shape index (κ1) is 12.5. The summed E-state index contributed by atoms with van der Waals surface area (Å²) in [6.45, 7) is 0.668. The fraction of sp³-hybridized carbons (Fsp3) is 0.600. The normalized spacial score (nSPS) is 19.3. The molecule has 0 amide bonds. The van der Waals surface area contributed by atoms with Crippen molar-refractivity contribution in [3.63, 3.8) is 0 Å². The van der Waals surface area contributed by atoms with Crippen LogP contribution in [0.3, 0.4) is 0 Å². The highest BCUT2D eigenvalue weighted by Crippen LogP contribution is 2.40. The first-order chi connectivity index (χ1) is 9.74. The molecule has 0 aliphatic heterocycles. The number of aliphatic hydroxyl groups is 1. The Morgan fingerprint density at radius 3 is 3.05 bits per heavy atom. The van der Waals surface area contributed by atoms with Crippen molar-refractivity contribution >= 4 is 27.4 Å². The number of nitrogens with zero attached hydrogens (tertiary/aromatic N) is 3. The molecule has 2 aliphatic carbocycles. The molecule has 106 valence electrons. The highest BCUT2D eigenvalue weighted by molar-refractivity contribution is 7.19. The van der Waals surface area contributed by atoms with E-state index in [-0.39, 0.29) is 6.10 Å². The lowest BCUT2D eigenvalue weighted by Crippen LogP contribution is -2.31. The van der Waals surface area contributed by atoms with Crippen LogP contribution < -0.4 is 4.90 Å². The van der Waals surface area contributed by atoms with Crippen LogP contribution in [0.1, 0.15) is 29.7 Å². The number of hydrogen-bond donors (Lipinski definition) is 1. The Kier molecular flexibility index (Phi) is 2.93. The van der Waals surface area contributed by atoms with E-state index >= 15 is 0 Å². The predicted octanol–water partition coefficient (Wildman–Crippen LogP) is 2.39. The van der Waals surface area contributed by atoms with Crippen molar-refractivity contribution in [3.05, 3.63) is 16.8 Å². The molecular formula is C15H19N3OS. The van der Waals surface area contributed by atoms with Gasteiger partial charge < -0.3 is 10.0 Å². The van der Waals surface area contributed by atoms with Crippen molar-refractivity contribution in [1.29, 1.82) is 0 Å². The highest BCUT2D eigenvalue weighted by Gasteiger charge is 2.31. The lowest BCUT2D eigenvalue weighted by Gasteiger charge is -2.22. The van der Waals surface area contributed by atoms with Crippen molar-refractivity contribution in [2.45, 2.75) is 38.2 Å². The number of likely N-dealkylation sites (N-methyl/N-ethyl adjacent to an activating group) is 1. The van der Waals surface area contributed by atoms with E-state index in [0.29, 0.717) is 12.5 Å². The Morgan fingerprint density at radius 1 is 1.40 bits per heavy atom. The zero-order chi connectivity index (χ0) is 13.7. The number of rotatable bonds is 4. The molecule has 0 aromatic carbocycles. The lowest BCUT2D eigenvalue weighted by molar-refractivity contribution is 0.158. The average molecular weight is 289 g/mol. The second-order valence-corrected chi connectivity index (χ2v) is 7.10. The van der Waals surface area contributed by atoms with Gasteiger partial charge in [0.2, 0.25) is 0 Å². The maximum atomic E-state index is 10.2. The van der Waals surface area contributed by atoms with Gasteiger partial charge in [0.05, 0.1) is 11.5 Å². The third kappa shape index (κ3) is 2.00. The lowest BCUT2D eigenvalue weighted by atomic mass is 10.1. The molecule has 2 aliphatic rings. The Labute approximate surface area is 122 Å². The monoisotopic (exact) mass is 289 g/mol. The number of hydrogen-bond acceptors (Lipinski definition) is 5. The molecule has 2 aromatic heterocycles. The van der Waals surface area contributed by atoms with Crippen molar-refractivity contribution < 1.29 is 5.11 Å². The average Bonchev–Trinajstić information content (AvgIpc) is 3.09. The van der Waals surface area contributed by atoms with Gasteiger partial charge in [0.25, 0.3) is 0 Å². The SMILES string of the molecule is CN(CC(O)C1CC1)c1ncnc2sc3c(c12)CCC3. The van der Waals surface area contributed by atoms with Gasteiger partial charge in [-0.25, -0.2) is 9.97 Å². The highest BCUT2D eigenvalue weighted by atomic mass is 32.1. The summed E-state index contributed by atoms with van der Waals surface area (Å²) in [7, 11) is 2.03. The van der Waals surface area contributed by atoms with Gasteiger partial charge in [0.1, 0.15) is 17.0 Å². The van der Waals surface area contributed by atoms with E-state index in [1.54, 1.807) is 6.33 Å². The smallest absolute Gasteiger partial charge is 0.140 e. The predicted molar refractivity (Wildman–Crippen MR) is 81.4 cm³/mol. The van der Waals surface area contributed by atoms with Crippen LogP contribution in [0.15, 0.2) is 6.33 Å². The van der Waals surface area contributed by atoms with Crippen molar-refractivity contribution in [2.75, 3.05) is 18.5 Å². The van der Waals surface area contributed by atoms with E-state index in [0.717, 1.165) is 17.1 Å². The first-order valence-electron chi connectivity index (χ1n) is 7.38. The molecule has 0 spiro atoms. The van der Waals surface area contributed by atoms with Crippen LogP contribution in [0.5, 0.6) is 0 Å². The molecule has 1 atom stereocenters. The summed E-state index contributed by atoms with van der Waals surface area (Å²) in [4.78, 5) is 13.6. The zero-order valence-corrected chi connectivity index (χ0v) is 12.5. The van der Waals surface area contributed by atoms with E-state index in [9.17, 15) is 5.11 Å². The summed E-state index contributed by atoms with van der Waals surface area (Å²) in [5.41, 5.74) is 1.45. The molecule has 2 aromatic rings. The Bertz CT molecular complexity index is 650. The van der Waals surface area contributed by atoms with Gasteiger partial charge in [-0.2, -0.15) is 0 Å². The van der Waals surface area contributed by atoms with Crippen LogP contribution >= 0.6 is 11.3 Å². The number of aromatic nitrogens is 2. The number of aliphatic hydroxyl groups excluding tert-OH is 1. The summed E-state index contributed by atoms with van der Waals surface area (Å²) < 4.78 is 0. The van der Waals surface area contributed by atoms with Gasteiger partial charge in [0, 0.05) is 18.5 Å². The van der Waals surface area contributed by atoms with Gasteiger partial charge in [-0.3, -0.25) is 0 Å². The van der Waals surface area contributed by atoms with Crippen LogP contribution in [0.4, 0.5) is 5.82 Å². The molecule has 1 fully saturated rings. The molecule has 0 radical (unpaired) electrons. The minimum atomic E-state index is -0.225. The number of anilines is 1. The van der Waals surface area contributed by atoms with Crippen LogP contribution in [-0.4, -0.2) is 34.8 Å². The van der Waals surface area contributed by atoms with Crippen molar-refractivity contribution in [3.8, 4) is 0 Å². The summed E-state index contributed by atoms with van der Waals surface area (Å²) in [6, 6.07) is 0. The summed E-state index contributed by atoms with van der Waals surface area (Å²) in [6.07, 6.45) is 7.35. The Morgan fingerprint density at radius 2 is 2.25 bits per heavy atom. The second-order valence-electron chi connectivity index (χ2n) is 6.02. The van der Waals surface area contributed by atoms with E-state index in [2.05, 4.69) is 14.9 Å². The van der Waals surface area contributed by atoms with E-state index in [4.69, 9.17) is 0 Å². The molecule has 1 saturated carbocycles. The summed E-state index contributed by atoms with van der Waals surface area (Å²) in [5, 5.41) is 11.4. The van der Waals surface area contributed by atoms with Gasteiger partial charge >= 0.3 is 0 Å². The van der Waals surface area contributed by atoms with Crippen LogP contribution in [0, 0.1) is 5.92 Å². The first-order valence-corrected chi connectivity index (χ1v) is 8.20. The molecular weight excluding hydrogens is 270 g/mol. The molecule has 4 rings (SSSR count). The van der Waals surface area contributed by atoms with E-state index in [1.165, 1.54) is 41.5 Å². The van der Waals surface area contributed by atoms with Crippen LogP contribution in [0.2, 0.25) is 0 Å². The Balaban J connectivity index is 1.71. The molecule has 1 N–H and O–H groups in total. The van der Waals surface area contributed by atoms with Crippen molar-refractivity contribution in [1.82, 2.24) is 9.97 Å². The second kappa shape index (κ2) is 4.67. The van der Waals surface area contributed by atoms with Gasteiger partial charge in [-0.1, -0.05) is 0 Å². The molecule has 0 saturated heterocycles. The minimum Gasteiger partial charge on any atom is -0.391 e. The van der Waals surface area contributed by atoms with Crippen molar-refractivity contribution in [2.24, 2.45) is 5.92 Å². The molecule has 2 heterocycles. The third-order valence-corrected chi connectivity index (χ3v) is 5.67. The van der Waals surface area contributed by atoms with E-state index < -0.39 is 0 Å². The summed E-state index contributed by atoms with van der Waals surface area (Å²) in [5.74, 6) is 1.50. The van der Waals surface area contributed by atoms with Gasteiger partial charge in [-0.05, 0) is 43.6 Å². The molecule has 0 bridgehead atoms. The number of aryl methyl sites for hydroxylation is 2. The third-order valence-electron chi connectivity index (χ3n) is 4.47. The quantitative estimate of drug-likeness (QED) is 0.939. The molecule has 20 heavy (non-hydrogen) atoms. The number of fused-ring (bicyclic) bond motifs is 3. The largest absolute Gasteiger partial charge is 0.391 e. The van der Waals surface area contributed by atoms with Crippen LogP contribution in [-0.2, 0) is 12.8 Å².